The third kappa shape index (κ3) is 7.02. The maximum Gasteiger partial charge on any atom is 0.251 e. The molecule has 0 heterocycles. The van der Waals surface area contributed by atoms with Crippen LogP contribution >= 0.6 is 0 Å². The van der Waals surface area contributed by atoms with Crippen LogP contribution < -0.4 is 5.32 Å². The number of hydrogen-bond donors (Lipinski definition) is 2. The third-order valence-corrected chi connectivity index (χ3v) is 3.13. The summed E-state index contributed by atoms with van der Waals surface area (Å²) in [5.74, 6) is -0.0883. The van der Waals surface area contributed by atoms with Gasteiger partial charge in [0.2, 0.25) is 0 Å². The lowest BCUT2D eigenvalue weighted by Crippen LogP contribution is -2.34. The normalized spacial score (nSPS) is 13.2. The Bertz CT molecular complexity index is 466. The van der Waals surface area contributed by atoms with Crippen molar-refractivity contribution < 1.29 is 14.6 Å². The average molecular weight is 308 g/mol. The van der Waals surface area contributed by atoms with Crippen molar-refractivity contribution in [3.05, 3.63) is 35.4 Å². The number of rotatable bonds is 7. The monoisotopic (exact) mass is 308 g/mol. The van der Waals surface area contributed by atoms with Crippen molar-refractivity contribution in [1.29, 1.82) is 0 Å². The van der Waals surface area contributed by atoms with Crippen molar-refractivity contribution in [1.82, 2.24) is 10.2 Å². The molecule has 0 fully saturated rings. The molecule has 5 heteroatoms. The molecule has 0 aliphatic heterocycles. The van der Waals surface area contributed by atoms with Gasteiger partial charge in [-0.3, -0.25) is 9.69 Å². The molecule has 1 rings (SSSR count). The van der Waals surface area contributed by atoms with Gasteiger partial charge in [0.15, 0.2) is 0 Å². The van der Waals surface area contributed by atoms with E-state index in [9.17, 15) is 9.90 Å². The maximum absolute atomic E-state index is 11.5. The highest BCUT2D eigenvalue weighted by Crippen LogP contribution is 2.09. The van der Waals surface area contributed by atoms with Crippen molar-refractivity contribution in [3.63, 3.8) is 0 Å². The van der Waals surface area contributed by atoms with Gasteiger partial charge in [-0.05, 0) is 45.5 Å². The first kappa shape index (κ1) is 18.6. The molecule has 1 amide bonds. The molecular formula is C17H28N2O3. The molecule has 0 aliphatic rings. The number of hydrogen-bond acceptors (Lipinski definition) is 4. The lowest BCUT2D eigenvalue weighted by Gasteiger charge is -2.25. The second-order valence-corrected chi connectivity index (χ2v) is 6.55. The SMILES string of the molecule is CNC(=O)c1ccc(CN(C)CC(O)COC(C)(C)C)cc1. The summed E-state index contributed by atoms with van der Waals surface area (Å²) in [5.41, 5.74) is 1.50. The maximum atomic E-state index is 11.5. The van der Waals surface area contributed by atoms with Crippen LogP contribution in [0.1, 0.15) is 36.7 Å². The van der Waals surface area contributed by atoms with Gasteiger partial charge in [0.1, 0.15) is 0 Å². The van der Waals surface area contributed by atoms with Crippen molar-refractivity contribution in [2.24, 2.45) is 0 Å². The second-order valence-electron chi connectivity index (χ2n) is 6.55. The number of aliphatic hydroxyl groups is 1. The molecule has 0 saturated heterocycles. The van der Waals surface area contributed by atoms with Crippen molar-refractivity contribution in [2.75, 3.05) is 27.2 Å². The molecule has 1 aromatic rings. The van der Waals surface area contributed by atoms with Crippen LogP contribution in [0.15, 0.2) is 24.3 Å². The third-order valence-electron chi connectivity index (χ3n) is 3.13. The smallest absolute Gasteiger partial charge is 0.251 e. The summed E-state index contributed by atoms with van der Waals surface area (Å²) in [6.45, 7) is 7.48. The second kappa shape index (κ2) is 8.27. The summed E-state index contributed by atoms with van der Waals surface area (Å²) in [6.07, 6.45) is -0.519. The number of benzene rings is 1. The molecule has 0 saturated carbocycles. The van der Waals surface area contributed by atoms with Crippen LogP contribution in [0.3, 0.4) is 0 Å². The molecule has 22 heavy (non-hydrogen) atoms. The number of likely N-dealkylation sites (N-methyl/N-ethyl adjacent to an activating group) is 1. The molecule has 0 radical (unpaired) electrons. The summed E-state index contributed by atoms with van der Waals surface area (Å²) in [5, 5.41) is 12.6. The molecule has 5 nitrogen and oxygen atoms in total. The molecule has 0 aliphatic carbocycles. The summed E-state index contributed by atoms with van der Waals surface area (Å²) >= 11 is 0. The van der Waals surface area contributed by atoms with E-state index in [1.807, 2.05) is 44.9 Å². The molecule has 124 valence electrons. The highest BCUT2D eigenvalue weighted by Gasteiger charge is 2.15. The van der Waals surface area contributed by atoms with Crippen LogP contribution in [0, 0.1) is 0 Å². The molecule has 1 unspecified atom stereocenters. The minimum Gasteiger partial charge on any atom is -0.389 e. The van der Waals surface area contributed by atoms with Gasteiger partial charge in [0, 0.05) is 25.7 Å². The minimum atomic E-state index is -0.519. The van der Waals surface area contributed by atoms with Gasteiger partial charge < -0.3 is 15.2 Å². The lowest BCUT2D eigenvalue weighted by atomic mass is 10.1. The van der Waals surface area contributed by atoms with E-state index in [0.717, 1.165) is 5.56 Å². The van der Waals surface area contributed by atoms with E-state index in [-0.39, 0.29) is 11.5 Å². The summed E-state index contributed by atoms with van der Waals surface area (Å²) in [6, 6.07) is 7.47. The Morgan fingerprint density at radius 2 is 1.91 bits per heavy atom. The molecule has 0 spiro atoms. The fourth-order valence-corrected chi connectivity index (χ4v) is 2.04. The number of amides is 1. The van der Waals surface area contributed by atoms with Crippen molar-refractivity contribution in [3.8, 4) is 0 Å². The minimum absolute atomic E-state index is 0.0883. The first-order valence-electron chi connectivity index (χ1n) is 7.53. The van der Waals surface area contributed by atoms with Crippen LogP contribution in [0.4, 0.5) is 0 Å². The van der Waals surface area contributed by atoms with Crippen LogP contribution in [0.5, 0.6) is 0 Å². The number of nitrogens with zero attached hydrogens (tertiary/aromatic N) is 1. The average Bonchev–Trinajstić information content (AvgIpc) is 2.44. The van der Waals surface area contributed by atoms with Gasteiger partial charge in [0.05, 0.1) is 18.3 Å². The predicted molar refractivity (Wildman–Crippen MR) is 87.9 cm³/mol. The Hall–Kier alpha value is -1.43. The van der Waals surface area contributed by atoms with Crippen molar-refractivity contribution >= 4 is 5.91 Å². The van der Waals surface area contributed by atoms with Crippen LogP contribution in [-0.4, -0.2) is 54.9 Å². The molecule has 1 aromatic carbocycles. The Balaban J connectivity index is 2.44. The Kier molecular flexibility index (Phi) is 7.00. The van der Waals surface area contributed by atoms with Gasteiger partial charge >= 0.3 is 0 Å². The summed E-state index contributed by atoms with van der Waals surface area (Å²) in [4.78, 5) is 13.5. The Morgan fingerprint density at radius 3 is 2.41 bits per heavy atom. The topological polar surface area (TPSA) is 61.8 Å². The number of aliphatic hydroxyl groups excluding tert-OH is 1. The molecule has 1 atom stereocenters. The Morgan fingerprint density at radius 1 is 1.32 bits per heavy atom. The number of nitrogens with one attached hydrogen (secondary N) is 1. The van der Waals surface area contributed by atoms with Gasteiger partial charge in [-0.15, -0.1) is 0 Å². The van der Waals surface area contributed by atoms with E-state index >= 15 is 0 Å². The fraction of sp³-hybridized carbons (Fsp3) is 0.588. The van der Waals surface area contributed by atoms with E-state index in [0.29, 0.717) is 25.3 Å². The first-order chi connectivity index (χ1) is 10.2. The number of ether oxygens (including phenoxy) is 1. The van der Waals surface area contributed by atoms with Gasteiger partial charge in [-0.1, -0.05) is 12.1 Å². The zero-order valence-corrected chi connectivity index (χ0v) is 14.2. The zero-order valence-electron chi connectivity index (χ0n) is 14.2. The quantitative estimate of drug-likeness (QED) is 0.804. The van der Waals surface area contributed by atoms with Gasteiger partial charge in [-0.2, -0.15) is 0 Å². The lowest BCUT2D eigenvalue weighted by molar-refractivity contribution is -0.0550. The fourth-order valence-electron chi connectivity index (χ4n) is 2.04. The number of carbonyl (C=O) groups is 1. The van der Waals surface area contributed by atoms with Crippen LogP contribution in [-0.2, 0) is 11.3 Å². The summed E-state index contributed by atoms with van der Waals surface area (Å²) in [7, 11) is 3.57. The highest BCUT2D eigenvalue weighted by atomic mass is 16.5. The van der Waals surface area contributed by atoms with E-state index in [1.165, 1.54) is 0 Å². The van der Waals surface area contributed by atoms with E-state index in [2.05, 4.69) is 5.32 Å². The molecule has 0 bridgehead atoms. The molecular weight excluding hydrogens is 280 g/mol. The summed E-state index contributed by atoms with van der Waals surface area (Å²) < 4.78 is 5.58. The van der Waals surface area contributed by atoms with Gasteiger partial charge in [-0.25, -0.2) is 0 Å². The Labute approximate surface area is 133 Å². The number of carbonyl (C=O) groups excluding carboxylic acids is 1. The van der Waals surface area contributed by atoms with E-state index in [4.69, 9.17) is 4.74 Å². The molecule has 0 aromatic heterocycles. The highest BCUT2D eigenvalue weighted by molar-refractivity contribution is 5.93. The molecule has 2 N–H and O–H groups in total. The van der Waals surface area contributed by atoms with Crippen LogP contribution in [0.2, 0.25) is 0 Å². The largest absolute Gasteiger partial charge is 0.389 e. The van der Waals surface area contributed by atoms with Crippen molar-refractivity contribution in [2.45, 2.75) is 39.0 Å². The predicted octanol–water partition coefficient (Wildman–Crippen LogP) is 1.65. The van der Waals surface area contributed by atoms with Gasteiger partial charge in [0.25, 0.3) is 5.91 Å². The van der Waals surface area contributed by atoms with E-state index < -0.39 is 6.10 Å². The van der Waals surface area contributed by atoms with E-state index in [1.54, 1.807) is 19.2 Å². The zero-order chi connectivity index (χ0) is 16.8. The standard InChI is InChI=1S/C17H28N2O3/c1-17(2,3)22-12-15(20)11-19(5)10-13-6-8-14(9-7-13)16(21)18-4/h6-9,15,20H,10-12H2,1-5H3,(H,18,21). The van der Waals surface area contributed by atoms with Crippen LogP contribution in [0.25, 0.3) is 0 Å². The first-order valence-corrected chi connectivity index (χ1v) is 7.53.